The van der Waals surface area contributed by atoms with Gasteiger partial charge < -0.3 is 5.32 Å². The summed E-state index contributed by atoms with van der Waals surface area (Å²) >= 11 is 1.46. The summed E-state index contributed by atoms with van der Waals surface area (Å²) in [5, 5.41) is 4.01. The molecule has 35 heavy (non-hydrogen) atoms. The predicted molar refractivity (Wildman–Crippen MR) is 140 cm³/mol. The summed E-state index contributed by atoms with van der Waals surface area (Å²) in [6, 6.07) is 27.9. The van der Waals surface area contributed by atoms with Gasteiger partial charge in [-0.3, -0.25) is 9.59 Å². The van der Waals surface area contributed by atoms with Gasteiger partial charge in [-0.2, -0.15) is 0 Å². The molecule has 5 aromatic rings. The molecule has 0 saturated carbocycles. The molecule has 7 heteroatoms. The smallest absolute Gasteiger partial charge is 0.267 e. The lowest BCUT2D eigenvalue weighted by Crippen LogP contribution is -2.22. The van der Waals surface area contributed by atoms with E-state index in [0.29, 0.717) is 33.2 Å². The number of carbonyl (C=O) groups is 1. The van der Waals surface area contributed by atoms with Crippen molar-refractivity contribution in [1.82, 2.24) is 14.5 Å². The van der Waals surface area contributed by atoms with Gasteiger partial charge in [0, 0.05) is 23.2 Å². The molecule has 0 unspecified atom stereocenters. The van der Waals surface area contributed by atoms with Crippen molar-refractivity contribution >= 4 is 34.3 Å². The summed E-state index contributed by atoms with van der Waals surface area (Å²) < 4.78 is 1.57. The Morgan fingerprint density at radius 2 is 1.69 bits per heavy atom. The third kappa shape index (κ3) is 5.00. The minimum absolute atomic E-state index is 0.149. The molecule has 0 bridgehead atoms. The SMILES string of the molecule is Cc1ccnc(-n2c(SCc3ccc(C(=O)Nc4ccccc4)cc3)nc3ccccc3c2=O)c1. The second kappa shape index (κ2) is 9.95. The molecule has 0 atom stereocenters. The standard InChI is InChI=1S/C28H22N4O2S/c1-19-15-16-29-25(17-19)32-27(34)23-9-5-6-10-24(23)31-28(32)35-18-20-11-13-21(14-12-20)26(33)30-22-7-3-2-4-8-22/h2-17H,18H2,1H3,(H,30,33). The Morgan fingerprint density at radius 3 is 2.46 bits per heavy atom. The highest BCUT2D eigenvalue weighted by Crippen LogP contribution is 2.24. The molecular formula is C28H22N4O2S. The fourth-order valence-electron chi connectivity index (χ4n) is 3.68. The quantitative estimate of drug-likeness (QED) is 0.253. The van der Waals surface area contributed by atoms with Gasteiger partial charge >= 0.3 is 0 Å². The van der Waals surface area contributed by atoms with E-state index in [-0.39, 0.29) is 11.5 Å². The Bertz CT molecular complexity index is 1560. The van der Waals surface area contributed by atoms with Crippen molar-refractivity contribution in [1.29, 1.82) is 0 Å². The summed E-state index contributed by atoms with van der Waals surface area (Å²) in [6.07, 6.45) is 1.69. The summed E-state index contributed by atoms with van der Waals surface area (Å²) in [7, 11) is 0. The molecule has 0 saturated heterocycles. The monoisotopic (exact) mass is 478 g/mol. The van der Waals surface area contributed by atoms with Crippen molar-refractivity contribution in [3.63, 3.8) is 0 Å². The number of hydrogen-bond acceptors (Lipinski definition) is 5. The van der Waals surface area contributed by atoms with E-state index in [2.05, 4.69) is 10.3 Å². The van der Waals surface area contributed by atoms with Gasteiger partial charge in [-0.25, -0.2) is 14.5 Å². The molecule has 0 fully saturated rings. The number of pyridine rings is 1. The van der Waals surface area contributed by atoms with Crippen molar-refractivity contribution in [3.8, 4) is 5.82 Å². The first-order valence-electron chi connectivity index (χ1n) is 11.1. The fourth-order valence-corrected chi connectivity index (χ4v) is 4.64. The van der Waals surface area contributed by atoms with E-state index in [1.165, 1.54) is 11.8 Å². The van der Waals surface area contributed by atoms with Gasteiger partial charge in [-0.15, -0.1) is 0 Å². The minimum atomic E-state index is -0.161. The minimum Gasteiger partial charge on any atom is -0.322 e. The number of benzene rings is 3. The van der Waals surface area contributed by atoms with Crippen molar-refractivity contribution in [3.05, 3.63) is 124 Å². The number of nitrogens with zero attached hydrogens (tertiary/aromatic N) is 3. The van der Waals surface area contributed by atoms with Crippen molar-refractivity contribution in [2.75, 3.05) is 5.32 Å². The van der Waals surface area contributed by atoms with Gasteiger partial charge in [-0.05, 0) is 66.6 Å². The molecule has 0 radical (unpaired) electrons. The van der Waals surface area contributed by atoms with Crippen LogP contribution in [0.5, 0.6) is 0 Å². The molecule has 2 aromatic heterocycles. The van der Waals surface area contributed by atoms with Gasteiger partial charge in [0.25, 0.3) is 11.5 Å². The van der Waals surface area contributed by atoms with Gasteiger partial charge in [0.05, 0.1) is 10.9 Å². The summed E-state index contributed by atoms with van der Waals surface area (Å²) in [6.45, 7) is 1.97. The maximum absolute atomic E-state index is 13.4. The van der Waals surface area contributed by atoms with Crippen molar-refractivity contribution < 1.29 is 4.79 Å². The van der Waals surface area contributed by atoms with Crippen LogP contribution in [0.3, 0.4) is 0 Å². The zero-order valence-corrected chi connectivity index (χ0v) is 19.8. The van der Waals surface area contributed by atoms with E-state index >= 15 is 0 Å². The van der Waals surface area contributed by atoms with Gasteiger partial charge in [0.2, 0.25) is 0 Å². The van der Waals surface area contributed by atoms with E-state index in [1.54, 1.807) is 29.0 Å². The number of aryl methyl sites for hydroxylation is 1. The topological polar surface area (TPSA) is 76.9 Å². The molecule has 1 amide bonds. The first-order valence-corrected chi connectivity index (χ1v) is 12.1. The molecule has 3 aromatic carbocycles. The molecule has 1 N–H and O–H groups in total. The van der Waals surface area contributed by atoms with Gasteiger partial charge in [-0.1, -0.05) is 54.2 Å². The van der Waals surface area contributed by atoms with Crippen LogP contribution in [-0.2, 0) is 5.75 Å². The second-order valence-corrected chi connectivity index (χ2v) is 8.99. The highest BCUT2D eigenvalue weighted by molar-refractivity contribution is 7.98. The average molecular weight is 479 g/mol. The number of thioether (sulfide) groups is 1. The number of hydrogen-bond donors (Lipinski definition) is 1. The largest absolute Gasteiger partial charge is 0.322 e. The summed E-state index contributed by atoms with van der Waals surface area (Å²) in [5.74, 6) is 0.964. The molecular weight excluding hydrogens is 456 g/mol. The first kappa shape index (κ1) is 22.6. The van der Waals surface area contributed by atoms with Crippen molar-refractivity contribution in [2.24, 2.45) is 0 Å². The maximum atomic E-state index is 13.4. The lowest BCUT2D eigenvalue weighted by molar-refractivity contribution is 0.102. The number of carbonyl (C=O) groups excluding carboxylic acids is 1. The number of anilines is 1. The van der Waals surface area contributed by atoms with Crippen LogP contribution < -0.4 is 10.9 Å². The normalized spacial score (nSPS) is 10.9. The van der Waals surface area contributed by atoms with Crippen LogP contribution in [0.4, 0.5) is 5.69 Å². The highest BCUT2D eigenvalue weighted by atomic mass is 32.2. The highest BCUT2D eigenvalue weighted by Gasteiger charge is 2.15. The molecule has 172 valence electrons. The molecule has 0 aliphatic carbocycles. The number of nitrogens with one attached hydrogen (secondary N) is 1. The zero-order valence-electron chi connectivity index (χ0n) is 19.0. The molecule has 0 aliphatic rings. The molecule has 5 rings (SSSR count). The van der Waals surface area contributed by atoms with Gasteiger partial charge in [0.15, 0.2) is 5.16 Å². The molecule has 6 nitrogen and oxygen atoms in total. The predicted octanol–water partition coefficient (Wildman–Crippen LogP) is 5.63. The van der Waals surface area contributed by atoms with E-state index in [1.807, 2.05) is 79.7 Å². The third-order valence-electron chi connectivity index (χ3n) is 5.49. The van der Waals surface area contributed by atoms with Crippen LogP contribution in [0.15, 0.2) is 107 Å². The van der Waals surface area contributed by atoms with E-state index in [4.69, 9.17) is 4.98 Å². The van der Waals surface area contributed by atoms with E-state index < -0.39 is 0 Å². The van der Waals surface area contributed by atoms with E-state index in [9.17, 15) is 9.59 Å². The van der Waals surface area contributed by atoms with Crippen molar-refractivity contribution in [2.45, 2.75) is 17.8 Å². The fraction of sp³-hybridized carbons (Fsp3) is 0.0714. The Morgan fingerprint density at radius 1 is 0.943 bits per heavy atom. The van der Waals surface area contributed by atoms with Crippen LogP contribution in [0.25, 0.3) is 16.7 Å². The van der Waals surface area contributed by atoms with Crippen LogP contribution in [0, 0.1) is 6.92 Å². The van der Waals surface area contributed by atoms with Crippen LogP contribution in [0.2, 0.25) is 0 Å². The van der Waals surface area contributed by atoms with Crippen LogP contribution >= 0.6 is 11.8 Å². The van der Waals surface area contributed by atoms with Crippen LogP contribution in [0.1, 0.15) is 21.5 Å². The number of fused-ring (bicyclic) bond motifs is 1. The maximum Gasteiger partial charge on any atom is 0.267 e. The number of para-hydroxylation sites is 2. The third-order valence-corrected chi connectivity index (χ3v) is 6.50. The Kier molecular flexibility index (Phi) is 6.41. The van der Waals surface area contributed by atoms with Gasteiger partial charge in [0.1, 0.15) is 5.82 Å². The second-order valence-electron chi connectivity index (χ2n) is 8.05. The van der Waals surface area contributed by atoms with E-state index in [0.717, 1.165) is 16.8 Å². The molecule has 0 spiro atoms. The van der Waals surface area contributed by atoms with Crippen LogP contribution in [-0.4, -0.2) is 20.4 Å². The molecule has 2 heterocycles. The number of rotatable bonds is 6. The number of aromatic nitrogens is 3. The summed E-state index contributed by atoms with van der Waals surface area (Å²) in [5.41, 5.74) is 3.85. The zero-order chi connectivity index (χ0) is 24.2. The number of amides is 1. The lowest BCUT2D eigenvalue weighted by Gasteiger charge is -2.13. The summed E-state index contributed by atoms with van der Waals surface area (Å²) in [4.78, 5) is 35.1. The molecule has 0 aliphatic heterocycles. The first-order chi connectivity index (χ1) is 17.1. The Balaban J connectivity index is 1.40. The average Bonchev–Trinajstić information content (AvgIpc) is 2.88. The Hall–Kier alpha value is -4.23. The lowest BCUT2D eigenvalue weighted by atomic mass is 10.1. The Labute approximate surface area is 206 Å².